The summed E-state index contributed by atoms with van der Waals surface area (Å²) in [4.78, 5) is 21.0. The van der Waals surface area contributed by atoms with Gasteiger partial charge in [-0.25, -0.2) is 9.78 Å². The molecule has 1 aliphatic rings. The van der Waals surface area contributed by atoms with Crippen LogP contribution in [0.25, 0.3) is 17.1 Å². The Bertz CT molecular complexity index is 1200. The van der Waals surface area contributed by atoms with Crippen LogP contribution in [0.4, 0.5) is 4.79 Å². The lowest BCUT2D eigenvalue weighted by Crippen LogP contribution is -2.41. The van der Waals surface area contributed by atoms with Crippen molar-refractivity contribution in [1.82, 2.24) is 15.3 Å². The van der Waals surface area contributed by atoms with Gasteiger partial charge in [-0.1, -0.05) is 54.1 Å². The molecule has 2 aromatic carbocycles. The van der Waals surface area contributed by atoms with Gasteiger partial charge in [0.15, 0.2) is 0 Å². The van der Waals surface area contributed by atoms with E-state index in [0.717, 1.165) is 22.1 Å². The van der Waals surface area contributed by atoms with Gasteiger partial charge in [0.1, 0.15) is 11.8 Å². The summed E-state index contributed by atoms with van der Waals surface area (Å²) in [6.07, 6.45) is 2.91. The maximum Gasteiger partial charge on any atom is 0.492 e. The van der Waals surface area contributed by atoms with Crippen LogP contribution in [0.1, 0.15) is 38.8 Å². The van der Waals surface area contributed by atoms with E-state index in [0.29, 0.717) is 10.7 Å². The van der Waals surface area contributed by atoms with E-state index in [1.54, 1.807) is 0 Å². The summed E-state index contributed by atoms with van der Waals surface area (Å²) in [6, 6.07) is 15.2. The zero-order valence-electron chi connectivity index (χ0n) is 19.7. The molecule has 3 aromatic rings. The predicted molar refractivity (Wildman–Crippen MR) is 133 cm³/mol. The van der Waals surface area contributed by atoms with Gasteiger partial charge in [0.25, 0.3) is 0 Å². The van der Waals surface area contributed by atoms with Crippen molar-refractivity contribution < 1.29 is 18.8 Å². The lowest BCUT2D eigenvalue weighted by molar-refractivity contribution is 0.00578. The van der Waals surface area contributed by atoms with Crippen LogP contribution in [0.2, 0.25) is 5.15 Å². The minimum atomic E-state index is -0.638. The Kier molecular flexibility index (Phi) is 6.93. The van der Waals surface area contributed by atoms with Crippen LogP contribution in [0.15, 0.2) is 60.2 Å². The number of carbonyl (C=O) groups excluding carboxylic acids is 1. The quantitative estimate of drug-likeness (QED) is 0.488. The van der Waals surface area contributed by atoms with Crippen molar-refractivity contribution in [2.75, 3.05) is 6.54 Å². The highest BCUT2D eigenvalue weighted by molar-refractivity contribution is 6.56. The molecule has 4 rings (SSSR count). The van der Waals surface area contributed by atoms with Gasteiger partial charge in [-0.3, -0.25) is 4.98 Å². The highest BCUT2D eigenvalue weighted by Crippen LogP contribution is 2.38. The van der Waals surface area contributed by atoms with Crippen molar-refractivity contribution in [1.29, 1.82) is 0 Å². The number of aromatic nitrogens is 2. The number of carbonyl (C=O) groups is 1. The molecule has 7 nitrogen and oxygen atoms in total. The highest BCUT2D eigenvalue weighted by atomic mass is 35.5. The van der Waals surface area contributed by atoms with E-state index in [-0.39, 0.29) is 13.2 Å². The fraction of sp³-hybridized carbons (Fsp3) is 0.320. The van der Waals surface area contributed by atoms with Crippen molar-refractivity contribution in [3.8, 4) is 0 Å². The summed E-state index contributed by atoms with van der Waals surface area (Å²) in [5.41, 5.74) is 2.87. The molecule has 1 N–H and O–H groups in total. The van der Waals surface area contributed by atoms with Crippen LogP contribution in [-0.4, -0.2) is 40.9 Å². The number of hydrogen-bond acceptors (Lipinski definition) is 6. The Morgan fingerprint density at radius 3 is 2.50 bits per heavy atom. The predicted octanol–water partition coefficient (Wildman–Crippen LogP) is 5.22. The van der Waals surface area contributed by atoms with Crippen LogP contribution < -0.4 is 5.32 Å². The Morgan fingerprint density at radius 2 is 1.79 bits per heavy atom. The van der Waals surface area contributed by atoms with Crippen molar-refractivity contribution in [3.05, 3.63) is 76.5 Å². The Hall–Kier alpha value is -2.94. The van der Waals surface area contributed by atoms with E-state index in [4.69, 9.17) is 25.6 Å². The van der Waals surface area contributed by atoms with E-state index in [1.807, 2.05) is 82.3 Å². The van der Waals surface area contributed by atoms with Gasteiger partial charge in [-0.15, -0.1) is 0 Å². The second-order valence-corrected chi connectivity index (χ2v) is 9.55. The second kappa shape index (κ2) is 9.74. The topological polar surface area (TPSA) is 82.6 Å². The average Bonchev–Trinajstić information content (AvgIpc) is 3.02. The number of amides is 1. The molecule has 1 saturated heterocycles. The lowest BCUT2D eigenvalue weighted by Gasteiger charge is -2.32. The summed E-state index contributed by atoms with van der Waals surface area (Å²) >= 11 is 6.01. The molecule has 1 fully saturated rings. The van der Waals surface area contributed by atoms with Crippen LogP contribution in [0.5, 0.6) is 0 Å². The Balaban J connectivity index is 1.54. The third kappa shape index (κ3) is 5.58. The maximum atomic E-state index is 12.4. The number of hydrogen-bond donors (Lipinski definition) is 1. The number of ether oxygens (including phenoxy) is 1. The van der Waals surface area contributed by atoms with Crippen molar-refractivity contribution in [3.63, 3.8) is 0 Å². The number of fused-ring (bicyclic) bond motifs is 1. The van der Waals surface area contributed by atoms with E-state index in [2.05, 4.69) is 15.3 Å². The zero-order valence-corrected chi connectivity index (χ0v) is 20.4. The maximum absolute atomic E-state index is 12.4. The standard InChI is InChI=1S/C25H27BClN3O4/c1-24(2)25(3,4)34-26(33-24)19(14-29-23(31)32-16-17-8-6-5-7-9-17)12-18-10-11-20-21(13-18)30-22(27)15-28-20/h5-13,15H,14,16H2,1-4H3,(H,29,31). The van der Waals surface area contributed by atoms with Crippen molar-refractivity contribution >= 4 is 41.9 Å². The average molecular weight is 480 g/mol. The van der Waals surface area contributed by atoms with Gasteiger partial charge in [0.2, 0.25) is 0 Å². The van der Waals surface area contributed by atoms with Crippen LogP contribution in [0, 0.1) is 0 Å². The molecular formula is C25H27BClN3O4. The first-order valence-electron chi connectivity index (χ1n) is 11.1. The minimum absolute atomic E-state index is 0.184. The minimum Gasteiger partial charge on any atom is -0.445 e. The highest BCUT2D eigenvalue weighted by Gasteiger charge is 2.52. The van der Waals surface area contributed by atoms with Crippen molar-refractivity contribution in [2.24, 2.45) is 0 Å². The SMILES string of the molecule is CC1(C)OB(C(=Cc2ccc3ncc(Cl)nc3c2)CNC(=O)OCc2ccccc2)OC1(C)C. The van der Waals surface area contributed by atoms with Crippen LogP contribution in [0.3, 0.4) is 0 Å². The van der Waals surface area contributed by atoms with Gasteiger partial charge >= 0.3 is 13.2 Å². The monoisotopic (exact) mass is 479 g/mol. The van der Waals surface area contributed by atoms with E-state index in [9.17, 15) is 4.79 Å². The molecule has 0 saturated carbocycles. The summed E-state index contributed by atoms with van der Waals surface area (Å²) in [5, 5.41) is 3.13. The third-order valence-corrected chi connectivity index (χ3v) is 6.28. The first-order chi connectivity index (χ1) is 16.1. The van der Waals surface area contributed by atoms with Gasteiger partial charge in [-0.2, -0.15) is 0 Å². The van der Waals surface area contributed by atoms with Crippen LogP contribution in [-0.2, 0) is 20.7 Å². The van der Waals surface area contributed by atoms with E-state index >= 15 is 0 Å². The molecule has 0 spiro atoms. The molecular weight excluding hydrogens is 453 g/mol. The molecule has 34 heavy (non-hydrogen) atoms. The first kappa shape index (κ1) is 24.2. The molecule has 2 heterocycles. The van der Waals surface area contributed by atoms with E-state index < -0.39 is 24.4 Å². The fourth-order valence-electron chi connectivity index (χ4n) is 3.46. The van der Waals surface area contributed by atoms with Gasteiger partial charge in [0.05, 0.1) is 28.4 Å². The van der Waals surface area contributed by atoms with Crippen molar-refractivity contribution in [2.45, 2.75) is 45.5 Å². The summed E-state index contributed by atoms with van der Waals surface area (Å²) in [5.74, 6) is 0. The number of benzene rings is 2. The molecule has 9 heteroatoms. The molecule has 0 radical (unpaired) electrons. The van der Waals surface area contributed by atoms with Gasteiger partial charge in [0, 0.05) is 6.54 Å². The number of halogens is 1. The fourth-order valence-corrected chi connectivity index (χ4v) is 3.59. The zero-order chi connectivity index (χ0) is 24.3. The molecule has 0 aliphatic carbocycles. The number of alkyl carbamates (subject to hydrolysis) is 1. The Labute approximate surface area is 204 Å². The molecule has 1 aromatic heterocycles. The summed E-state index contributed by atoms with van der Waals surface area (Å²) in [7, 11) is -0.638. The third-order valence-electron chi connectivity index (χ3n) is 6.09. The van der Waals surface area contributed by atoms with Crippen LogP contribution >= 0.6 is 11.6 Å². The summed E-state index contributed by atoms with van der Waals surface area (Å²) in [6.45, 7) is 8.31. The number of nitrogens with one attached hydrogen (secondary N) is 1. The van der Waals surface area contributed by atoms with Gasteiger partial charge < -0.3 is 19.4 Å². The Morgan fingerprint density at radius 1 is 1.09 bits per heavy atom. The molecule has 176 valence electrons. The van der Waals surface area contributed by atoms with Gasteiger partial charge in [-0.05, 0) is 56.4 Å². The lowest BCUT2D eigenvalue weighted by atomic mass is 9.77. The summed E-state index contributed by atoms with van der Waals surface area (Å²) < 4.78 is 17.8. The first-order valence-corrected chi connectivity index (χ1v) is 11.4. The molecule has 0 bridgehead atoms. The number of nitrogens with zero attached hydrogens (tertiary/aromatic N) is 2. The second-order valence-electron chi connectivity index (χ2n) is 9.16. The molecule has 1 amide bonds. The van der Waals surface area contributed by atoms with E-state index in [1.165, 1.54) is 6.20 Å². The molecule has 1 aliphatic heterocycles. The molecule has 0 atom stereocenters. The largest absolute Gasteiger partial charge is 0.492 e. The number of rotatable bonds is 6. The molecule has 0 unspecified atom stereocenters. The smallest absolute Gasteiger partial charge is 0.445 e. The normalized spacial score (nSPS) is 17.1.